The maximum atomic E-state index is 13.0. The lowest BCUT2D eigenvalue weighted by atomic mass is 9.83. The summed E-state index contributed by atoms with van der Waals surface area (Å²) in [4.78, 5) is 49.4. The lowest BCUT2D eigenvalue weighted by Crippen LogP contribution is -2.24. The third-order valence-corrected chi connectivity index (χ3v) is 3.91. The van der Waals surface area contributed by atoms with E-state index in [0.29, 0.717) is 0 Å². The molecule has 0 N–H and O–H groups in total. The van der Waals surface area contributed by atoms with Gasteiger partial charge in [0, 0.05) is 16.7 Å². The molecule has 0 aliphatic heterocycles. The molecule has 0 aromatic heterocycles. The fourth-order valence-electron chi connectivity index (χ4n) is 2.79. The quantitative estimate of drug-likeness (QED) is 0.497. The summed E-state index contributed by atoms with van der Waals surface area (Å²) in [6.07, 6.45) is -2.16. The highest BCUT2D eigenvalue weighted by Crippen LogP contribution is 2.40. The highest BCUT2D eigenvalue weighted by molar-refractivity contribution is 6.29. The van der Waals surface area contributed by atoms with Gasteiger partial charge in [0.25, 0.3) is 0 Å². The minimum atomic E-state index is -1.11. The van der Waals surface area contributed by atoms with Gasteiger partial charge in [-0.05, 0) is 26.0 Å². The Morgan fingerprint density at radius 3 is 1.93 bits per heavy atom. The Hall–Kier alpha value is -3.68. The Kier molecular flexibility index (Phi) is 5.39. The van der Waals surface area contributed by atoms with Gasteiger partial charge in [0.15, 0.2) is 23.1 Å². The molecule has 28 heavy (non-hydrogen) atoms. The molecule has 8 nitrogen and oxygen atoms in total. The number of hydrogen-bond acceptors (Lipinski definition) is 8. The van der Waals surface area contributed by atoms with E-state index in [1.165, 1.54) is 24.3 Å². The zero-order valence-electron chi connectivity index (χ0n) is 15.1. The molecule has 8 heteroatoms. The fourth-order valence-corrected chi connectivity index (χ4v) is 2.79. The van der Waals surface area contributed by atoms with Crippen LogP contribution in [0.4, 0.5) is 9.59 Å². The van der Waals surface area contributed by atoms with Gasteiger partial charge in [-0.1, -0.05) is 24.3 Å². The molecule has 0 atom stereocenters. The van der Waals surface area contributed by atoms with E-state index >= 15 is 0 Å². The van der Waals surface area contributed by atoms with Crippen LogP contribution in [-0.4, -0.2) is 37.1 Å². The monoisotopic (exact) mass is 384 g/mol. The number of rotatable bonds is 4. The molecule has 1 aliphatic carbocycles. The Labute approximate surface area is 160 Å². The molecule has 1 aliphatic rings. The van der Waals surface area contributed by atoms with Crippen molar-refractivity contribution in [1.29, 1.82) is 0 Å². The zero-order valence-corrected chi connectivity index (χ0v) is 15.1. The first-order valence-electron chi connectivity index (χ1n) is 8.52. The van der Waals surface area contributed by atoms with Crippen molar-refractivity contribution in [1.82, 2.24) is 0 Å². The van der Waals surface area contributed by atoms with E-state index in [1.54, 1.807) is 26.0 Å². The number of carbonyl (C=O) groups excluding carboxylic acids is 4. The summed E-state index contributed by atoms with van der Waals surface area (Å²) >= 11 is 0. The van der Waals surface area contributed by atoms with Crippen molar-refractivity contribution in [3.05, 3.63) is 58.7 Å². The molecule has 3 rings (SSSR count). The Morgan fingerprint density at radius 1 is 0.750 bits per heavy atom. The van der Waals surface area contributed by atoms with Gasteiger partial charge in [0.2, 0.25) is 0 Å². The van der Waals surface area contributed by atoms with Crippen molar-refractivity contribution in [3.8, 4) is 11.5 Å². The third-order valence-electron chi connectivity index (χ3n) is 3.91. The minimum Gasteiger partial charge on any atom is -0.434 e. The van der Waals surface area contributed by atoms with Gasteiger partial charge in [0.1, 0.15) is 0 Å². The van der Waals surface area contributed by atoms with E-state index in [0.717, 1.165) is 0 Å². The fraction of sp³-hybridized carbons (Fsp3) is 0.200. The molecule has 0 amide bonds. The average Bonchev–Trinajstić information content (AvgIpc) is 2.67. The van der Waals surface area contributed by atoms with Crippen LogP contribution >= 0.6 is 0 Å². The first-order chi connectivity index (χ1) is 13.5. The van der Waals surface area contributed by atoms with Gasteiger partial charge in [-0.15, -0.1) is 0 Å². The number of ether oxygens (including phenoxy) is 4. The van der Waals surface area contributed by atoms with E-state index in [4.69, 9.17) is 18.9 Å². The van der Waals surface area contributed by atoms with Crippen LogP contribution in [0.3, 0.4) is 0 Å². The Balaban J connectivity index is 2.15. The predicted molar refractivity (Wildman–Crippen MR) is 95.0 cm³/mol. The van der Waals surface area contributed by atoms with Crippen molar-refractivity contribution in [2.75, 3.05) is 13.2 Å². The average molecular weight is 384 g/mol. The molecule has 2 aromatic carbocycles. The van der Waals surface area contributed by atoms with Crippen molar-refractivity contribution >= 4 is 23.9 Å². The van der Waals surface area contributed by atoms with Gasteiger partial charge < -0.3 is 18.9 Å². The smallest absolute Gasteiger partial charge is 0.434 e. The summed E-state index contributed by atoms with van der Waals surface area (Å²) < 4.78 is 19.6. The second-order valence-corrected chi connectivity index (χ2v) is 5.59. The molecular formula is C20H16O8. The van der Waals surface area contributed by atoms with Crippen LogP contribution in [0, 0.1) is 0 Å². The molecule has 2 aromatic rings. The van der Waals surface area contributed by atoms with Crippen molar-refractivity contribution < 1.29 is 38.1 Å². The van der Waals surface area contributed by atoms with Crippen LogP contribution in [-0.2, 0) is 9.47 Å². The highest BCUT2D eigenvalue weighted by Gasteiger charge is 2.35. The van der Waals surface area contributed by atoms with E-state index < -0.39 is 23.9 Å². The summed E-state index contributed by atoms with van der Waals surface area (Å²) in [5.74, 6) is -1.58. The van der Waals surface area contributed by atoms with Crippen LogP contribution in [0.5, 0.6) is 11.5 Å². The predicted octanol–water partition coefficient (Wildman–Crippen LogP) is 3.53. The standard InChI is InChI=1S/C20H16O8/c1-3-25-19(23)27-14-10-9-13-15(18(14)28-20(24)26-4-2)17(22)12-8-6-5-7-11(12)16(13)21/h5-10H,3-4H2,1-2H3. The van der Waals surface area contributed by atoms with E-state index in [2.05, 4.69) is 0 Å². The van der Waals surface area contributed by atoms with Crippen LogP contribution in [0.2, 0.25) is 0 Å². The molecule has 0 spiro atoms. The minimum absolute atomic E-state index is 0.0254. The van der Waals surface area contributed by atoms with Crippen LogP contribution < -0.4 is 9.47 Å². The molecule has 144 valence electrons. The highest BCUT2D eigenvalue weighted by atomic mass is 16.7. The topological polar surface area (TPSA) is 105 Å². The van der Waals surface area contributed by atoms with Gasteiger partial charge in [-0.3, -0.25) is 9.59 Å². The normalized spacial score (nSPS) is 11.9. The first-order valence-corrected chi connectivity index (χ1v) is 8.52. The van der Waals surface area contributed by atoms with Gasteiger partial charge in [-0.2, -0.15) is 0 Å². The van der Waals surface area contributed by atoms with E-state index in [9.17, 15) is 19.2 Å². The molecule has 0 fully saturated rings. The molecule has 0 saturated heterocycles. The van der Waals surface area contributed by atoms with E-state index in [-0.39, 0.29) is 47.0 Å². The first kappa shape index (κ1) is 19.1. The van der Waals surface area contributed by atoms with Crippen LogP contribution in [0.25, 0.3) is 0 Å². The second kappa shape index (κ2) is 7.91. The molecular weight excluding hydrogens is 368 g/mol. The Morgan fingerprint density at radius 2 is 1.32 bits per heavy atom. The van der Waals surface area contributed by atoms with Crippen molar-refractivity contribution in [2.24, 2.45) is 0 Å². The number of fused-ring (bicyclic) bond motifs is 2. The largest absolute Gasteiger partial charge is 0.513 e. The molecule has 0 saturated carbocycles. The Bertz CT molecular complexity index is 976. The lowest BCUT2D eigenvalue weighted by molar-refractivity contribution is 0.0912. The van der Waals surface area contributed by atoms with Crippen LogP contribution in [0.15, 0.2) is 36.4 Å². The summed E-state index contributed by atoms with van der Waals surface area (Å²) in [6, 6.07) is 8.86. The maximum Gasteiger partial charge on any atom is 0.513 e. The third kappa shape index (κ3) is 3.44. The number of benzene rings is 2. The number of carbonyl (C=O) groups is 4. The van der Waals surface area contributed by atoms with Crippen molar-refractivity contribution in [3.63, 3.8) is 0 Å². The van der Waals surface area contributed by atoms with Crippen LogP contribution in [0.1, 0.15) is 45.7 Å². The number of ketones is 2. The van der Waals surface area contributed by atoms with Gasteiger partial charge >= 0.3 is 12.3 Å². The van der Waals surface area contributed by atoms with E-state index in [1.807, 2.05) is 0 Å². The summed E-state index contributed by atoms with van der Waals surface area (Å²) in [5, 5.41) is 0. The zero-order chi connectivity index (χ0) is 20.3. The van der Waals surface area contributed by atoms with Gasteiger partial charge in [-0.25, -0.2) is 9.59 Å². The SMILES string of the molecule is CCOC(=O)Oc1ccc2c(c1OC(=O)OCC)C(=O)c1ccccc1C2=O. The molecule has 0 heterocycles. The van der Waals surface area contributed by atoms with Crippen molar-refractivity contribution in [2.45, 2.75) is 13.8 Å². The summed E-state index contributed by atoms with van der Waals surface area (Å²) in [5.41, 5.74) is 0.237. The maximum absolute atomic E-state index is 13.0. The number of hydrogen-bond donors (Lipinski definition) is 0. The summed E-state index contributed by atoms with van der Waals surface area (Å²) in [6.45, 7) is 3.24. The molecule has 0 unspecified atom stereocenters. The van der Waals surface area contributed by atoms with Gasteiger partial charge in [0.05, 0.1) is 18.8 Å². The second-order valence-electron chi connectivity index (χ2n) is 5.59. The molecule has 0 bridgehead atoms. The lowest BCUT2D eigenvalue weighted by Gasteiger charge is -2.21. The summed E-state index contributed by atoms with van der Waals surface area (Å²) in [7, 11) is 0. The molecule has 0 radical (unpaired) electrons.